The van der Waals surface area contributed by atoms with Gasteiger partial charge in [-0.25, -0.2) is 0 Å². The molecular formula is C15H23N3O4. The summed E-state index contributed by atoms with van der Waals surface area (Å²) >= 11 is 0. The number of carbonyl (C=O) groups excluding carboxylic acids is 1. The second-order valence-electron chi connectivity index (χ2n) is 6.32. The predicted octanol–water partition coefficient (Wildman–Crippen LogP) is 0.0789. The zero-order valence-corrected chi connectivity index (χ0v) is 12.9. The van der Waals surface area contributed by atoms with Crippen molar-refractivity contribution in [2.75, 3.05) is 26.3 Å². The number of rotatable bonds is 5. The summed E-state index contributed by atoms with van der Waals surface area (Å²) in [6, 6.07) is 2.18. The van der Waals surface area contributed by atoms with Crippen LogP contribution in [0.1, 0.15) is 31.2 Å². The van der Waals surface area contributed by atoms with Gasteiger partial charge in [-0.3, -0.25) is 4.79 Å². The summed E-state index contributed by atoms with van der Waals surface area (Å²) in [6.45, 7) is 4.42. The van der Waals surface area contributed by atoms with Crippen LogP contribution in [0, 0.1) is 0 Å². The maximum atomic E-state index is 11.4. The molecule has 0 atom stereocenters. The average molecular weight is 309 g/mol. The molecule has 2 N–H and O–H groups in total. The van der Waals surface area contributed by atoms with E-state index in [-0.39, 0.29) is 18.1 Å². The van der Waals surface area contributed by atoms with Gasteiger partial charge in [-0.05, 0) is 12.8 Å². The third-order valence-electron chi connectivity index (χ3n) is 4.49. The number of piperidine rings is 1. The molecule has 2 aliphatic heterocycles. The van der Waals surface area contributed by atoms with Crippen LogP contribution >= 0.6 is 0 Å². The molecular weight excluding hydrogens is 286 g/mol. The van der Waals surface area contributed by atoms with Gasteiger partial charge in [-0.2, -0.15) is 0 Å². The Morgan fingerprint density at radius 1 is 1.50 bits per heavy atom. The highest BCUT2D eigenvalue weighted by atomic mass is 16.5. The van der Waals surface area contributed by atoms with Crippen molar-refractivity contribution in [2.24, 2.45) is 0 Å². The fraction of sp³-hybridized carbons (Fsp3) is 0.733. The van der Waals surface area contributed by atoms with Crippen molar-refractivity contribution < 1.29 is 19.2 Å². The molecule has 2 aliphatic rings. The number of hydrogen-bond donors (Lipinski definition) is 2. The number of ether oxygens (including phenoxy) is 1. The van der Waals surface area contributed by atoms with Gasteiger partial charge in [0.2, 0.25) is 5.91 Å². The molecule has 1 amide bonds. The second-order valence-corrected chi connectivity index (χ2v) is 6.32. The summed E-state index contributed by atoms with van der Waals surface area (Å²) < 4.78 is 10.5. The fourth-order valence-corrected chi connectivity index (χ4v) is 3.22. The number of aromatic nitrogens is 1. The SMILES string of the molecule is CC(=O)N1CCC(NC2(Cc3cc(CO)on3)COC2)CC1. The molecule has 7 nitrogen and oxygen atoms in total. The van der Waals surface area contributed by atoms with E-state index in [0.717, 1.165) is 38.0 Å². The first-order valence-corrected chi connectivity index (χ1v) is 7.76. The van der Waals surface area contributed by atoms with Crippen molar-refractivity contribution in [3.05, 3.63) is 17.5 Å². The van der Waals surface area contributed by atoms with Crippen LogP contribution < -0.4 is 5.32 Å². The molecule has 0 aliphatic carbocycles. The number of hydrogen-bond acceptors (Lipinski definition) is 6. The molecule has 3 rings (SSSR count). The van der Waals surface area contributed by atoms with Gasteiger partial charge in [0.05, 0.1) is 24.4 Å². The van der Waals surface area contributed by atoms with Crippen molar-refractivity contribution in [1.29, 1.82) is 0 Å². The number of aliphatic hydroxyl groups excluding tert-OH is 1. The summed E-state index contributed by atoms with van der Waals surface area (Å²) in [7, 11) is 0. The third-order valence-corrected chi connectivity index (χ3v) is 4.49. The Balaban J connectivity index is 1.56. The summed E-state index contributed by atoms with van der Waals surface area (Å²) in [5.74, 6) is 0.638. The monoisotopic (exact) mass is 309 g/mol. The minimum Gasteiger partial charge on any atom is -0.388 e. The first-order chi connectivity index (χ1) is 10.6. The van der Waals surface area contributed by atoms with Crippen LogP contribution in [-0.4, -0.2) is 59.0 Å². The molecule has 0 saturated carbocycles. The van der Waals surface area contributed by atoms with Gasteiger partial charge in [0.25, 0.3) is 0 Å². The van der Waals surface area contributed by atoms with Crippen molar-refractivity contribution in [1.82, 2.24) is 15.4 Å². The minimum atomic E-state index is -0.132. The van der Waals surface area contributed by atoms with Gasteiger partial charge in [0.1, 0.15) is 6.61 Å². The van der Waals surface area contributed by atoms with Gasteiger partial charge < -0.3 is 24.6 Å². The van der Waals surface area contributed by atoms with Crippen molar-refractivity contribution in [3.8, 4) is 0 Å². The summed E-state index contributed by atoms with van der Waals surface area (Å²) in [5.41, 5.74) is 0.730. The zero-order chi connectivity index (χ0) is 15.6. The fourth-order valence-electron chi connectivity index (χ4n) is 3.22. The lowest BCUT2D eigenvalue weighted by atomic mass is 9.88. The van der Waals surface area contributed by atoms with E-state index in [2.05, 4.69) is 10.5 Å². The topological polar surface area (TPSA) is 87.8 Å². The second kappa shape index (κ2) is 6.36. The third kappa shape index (κ3) is 3.31. The highest BCUT2D eigenvalue weighted by Gasteiger charge is 2.41. The lowest BCUT2D eigenvalue weighted by Crippen LogP contribution is -2.65. The van der Waals surface area contributed by atoms with Gasteiger partial charge in [-0.1, -0.05) is 5.16 Å². The van der Waals surface area contributed by atoms with E-state index in [4.69, 9.17) is 14.4 Å². The molecule has 122 valence electrons. The molecule has 0 aromatic carbocycles. The highest BCUT2D eigenvalue weighted by molar-refractivity contribution is 5.73. The largest absolute Gasteiger partial charge is 0.388 e. The summed E-state index contributed by atoms with van der Waals surface area (Å²) in [5, 5.41) is 16.7. The molecule has 1 aromatic heterocycles. The van der Waals surface area contributed by atoms with E-state index >= 15 is 0 Å². The standard InChI is InChI=1S/C15H23N3O4/c1-11(20)18-4-2-12(3-5-18)16-15(9-21-10-15)7-13-6-14(8-19)22-17-13/h6,12,16,19H,2-5,7-10H2,1H3. The maximum Gasteiger partial charge on any atom is 0.219 e. The molecule has 0 spiro atoms. The number of amides is 1. The number of nitrogens with zero attached hydrogens (tertiary/aromatic N) is 2. The van der Waals surface area contributed by atoms with Gasteiger partial charge in [-0.15, -0.1) is 0 Å². The molecule has 1 aromatic rings. The first kappa shape index (κ1) is 15.5. The van der Waals surface area contributed by atoms with Crippen LogP contribution in [0.5, 0.6) is 0 Å². The van der Waals surface area contributed by atoms with Crippen LogP contribution in [0.2, 0.25) is 0 Å². The number of carbonyl (C=O) groups is 1. The minimum absolute atomic E-state index is 0.105. The molecule has 0 unspecified atom stereocenters. The Bertz CT molecular complexity index is 519. The Kier molecular flexibility index (Phi) is 4.46. The quantitative estimate of drug-likeness (QED) is 0.801. The summed E-state index contributed by atoms with van der Waals surface area (Å²) in [4.78, 5) is 13.3. The predicted molar refractivity (Wildman–Crippen MR) is 78.1 cm³/mol. The molecule has 3 heterocycles. The van der Waals surface area contributed by atoms with Crippen molar-refractivity contribution in [2.45, 2.75) is 44.4 Å². The molecule has 0 radical (unpaired) electrons. The molecule has 22 heavy (non-hydrogen) atoms. The lowest BCUT2D eigenvalue weighted by Gasteiger charge is -2.46. The Labute approximate surface area is 129 Å². The van der Waals surface area contributed by atoms with Crippen LogP contribution in [-0.2, 0) is 22.6 Å². The summed E-state index contributed by atoms with van der Waals surface area (Å²) in [6.07, 6.45) is 2.65. The molecule has 2 saturated heterocycles. The van der Waals surface area contributed by atoms with E-state index in [1.165, 1.54) is 0 Å². The Morgan fingerprint density at radius 3 is 2.73 bits per heavy atom. The van der Waals surface area contributed by atoms with Gasteiger partial charge >= 0.3 is 0 Å². The lowest BCUT2D eigenvalue weighted by molar-refractivity contribution is -0.130. The Morgan fingerprint density at radius 2 is 2.23 bits per heavy atom. The number of nitrogens with one attached hydrogen (secondary N) is 1. The van der Waals surface area contributed by atoms with E-state index in [1.807, 2.05) is 4.90 Å². The number of aliphatic hydroxyl groups is 1. The van der Waals surface area contributed by atoms with Crippen LogP contribution in [0.4, 0.5) is 0 Å². The highest BCUT2D eigenvalue weighted by Crippen LogP contribution is 2.25. The van der Waals surface area contributed by atoms with Gasteiger partial charge in [0.15, 0.2) is 5.76 Å². The number of likely N-dealkylation sites (tertiary alicyclic amines) is 1. The zero-order valence-electron chi connectivity index (χ0n) is 12.9. The normalized spacial score (nSPS) is 21.6. The first-order valence-electron chi connectivity index (χ1n) is 7.76. The van der Waals surface area contributed by atoms with Crippen LogP contribution in [0.15, 0.2) is 10.6 Å². The van der Waals surface area contributed by atoms with E-state index in [0.29, 0.717) is 25.0 Å². The van der Waals surface area contributed by atoms with Crippen molar-refractivity contribution >= 4 is 5.91 Å². The molecule has 0 bridgehead atoms. The maximum absolute atomic E-state index is 11.4. The average Bonchev–Trinajstić information content (AvgIpc) is 2.93. The van der Waals surface area contributed by atoms with E-state index in [9.17, 15) is 4.79 Å². The Hall–Kier alpha value is -1.44. The van der Waals surface area contributed by atoms with Gasteiger partial charge in [0, 0.05) is 38.5 Å². The van der Waals surface area contributed by atoms with Crippen molar-refractivity contribution in [3.63, 3.8) is 0 Å². The van der Waals surface area contributed by atoms with E-state index in [1.54, 1.807) is 13.0 Å². The van der Waals surface area contributed by atoms with E-state index < -0.39 is 0 Å². The van der Waals surface area contributed by atoms with Crippen LogP contribution in [0.25, 0.3) is 0 Å². The molecule has 2 fully saturated rings. The van der Waals surface area contributed by atoms with Crippen LogP contribution in [0.3, 0.4) is 0 Å². The molecule has 7 heteroatoms. The smallest absolute Gasteiger partial charge is 0.219 e.